The molecule has 1 aliphatic rings. The van der Waals surface area contributed by atoms with E-state index in [9.17, 15) is 0 Å². The van der Waals surface area contributed by atoms with E-state index in [0.717, 1.165) is 18.0 Å². The first-order chi connectivity index (χ1) is 6.97. The summed E-state index contributed by atoms with van der Waals surface area (Å²) in [7, 11) is 8.36. The van der Waals surface area contributed by atoms with Crippen molar-refractivity contribution in [2.75, 3.05) is 41.3 Å². The van der Waals surface area contributed by atoms with Crippen LogP contribution in [0.4, 0.5) is 0 Å². The van der Waals surface area contributed by atoms with Gasteiger partial charge < -0.3 is 9.80 Å². The third-order valence-electron chi connectivity index (χ3n) is 1.93. The predicted octanol–water partition coefficient (Wildman–Crippen LogP) is 2.18. The van der Waals surface area contributed by atoms with Crippen molar-refractivity contribution in [2.45, 2.75) is 0 Å². The largest absolute Gasteiger partial charge is 0.305 e. The molecule has 0 aliphatic carbocycles. The van der Waals surface area contributed by atoms with Crippen molar-refractivity contribution < 1.29 is 0 Å². The van der Waals surface area contributed by atoms with Crippen LogP contribution < -0.4 is 0 Å². The van der Waals surface area contributed by atoms with E-state index in [0.29, 0.717) is 0 Å². The molecule has 2 nitrogen and oxygen atoms in total. The molecule has 84 valence electrons. The molecule has 0 aromatic carbocycles. The van der Waals surface area contributed by atoms with Gasteiger partial charge in [-0.1, -0.05) is 18.3 Å². The van der Waals surface area contributed by atoms with Crippen LogP contribution in [-0.4, -0.2) is 51.1 Å². The van der Waals surface area contributed by atoms with Crippen LogP contribution in [0, 0.1) is 0 Å². The van der Waals surface area contributed by atoms with E-state index in [1.165, 1.54) is 10.5 Å². The molecule has 0 atom stereocenters. The normalized spacial score (nSPS) is 17.1. The van der Waals surface area contributed by atoms with Gasteiger partial charge >= 0.3 is 0 Å². The summed E-state index contributed by atoms with van der Waals surface area (Å²) in [6, 6.07) is 0. The Balaban J connectivity index is 2.70. The maximum atomic E-state index is 4.04. The Labute approximate surface area is 97.3 Å². The van der Waals surface area contributed by atoms with Crippen molar-refractivity contribution in [1.29, 1.82) is 0 Å². The Morgan fingerprint density at radius 1 is 1.07 bits per heavy atom. The number of nitrogens with zero attached hydrogens (tertiary/aromatic N) is 2. The minimum absolute atomic E-state index is 0.983. The summed E-state index contributed by atoms with van der Waals surface area (Å²) in [6.07, 6.45) is 4.45. The van der Waals surface area contributed by atoms with Gasteiger partial charge in [0, 0.05) is 22.9 Å². The summed E-state index contributed by atoms with van der Waals surface area (Å²) in [6.45, 7) is 6.02. The number of rotatable bonds is 4. The fraction of sp³-hybridized carbons (Fsp3) is 0.500. The zero-order valence-corrected chi connectivity index (χ0v) is 10.9. The van der Waals surface area contributed by atoms with Crippen molar-refractivity contribution in [1.82, 2.24) is 9.80 Å². The highest BCUT2D eigenvalue weighted by Crippen LogP contribution is 2.31. The van der Waals surface area contributed by atoms with Crippen LogP contribution in [0.2, 0.25) is 0 Å². The highest BCUT2D eigenvalue weighted by molar-refractivity contribution is 8.07. The molecule has 0 saturated carbocycles. The molecular weight excluding hydrogens is 204 g/mol. The highest BCUT2D eigenvalue weighted by Gasteiger charge is 2.10. The van der Waals surface area contributed by atoms with Gasteiger partial charge in [-0.2, -0.15) is 0 Å². The monoisotopic (exact) mass is 224 g/mol. The Morgan fingerprint density at radius 3 is 2.20 bits per heavy atom. The zero-order valence-electron chi connectivity index (χ0n) is 10.1. The third-order valence-corrected chi connectivity index (χ3v) is 2.82. The molecule has 1 heterocycles. The van der Waals surface area contributed by atoms with Crippen molar-refractivity contribution in [3.05, 3.63) is 34.1 Å². The predicted molar refractivity (Wildman–Crippen MR) is 70.0 cm³/mol. The van der Waals surface area contributed by atoms with Crippen LogP contribution in [0.1, 0.15) is 0 Å². The number of hydrogen-bond acceptors (Lipinski definition) is 3. The van der Waals surface area contributed by atoms with Crippen molar-refractivity contribution in [2.24, 2.45) is 0 Å². The molecule has 0 aromatic heterocycles. The molecular formula is C12H20N2S. The van der Waals surface area contributed by atoms with E-state index < -0.39 is 0 Å². The first-order valence-electron chi connectivity index (χ1n) is 5.04. The molecule has 1 rings (SSSR count). The van der Waals surface area contributed by atoms with Gasteiger partial charge in [-0.05, 0) is 45.9 Å². The second kappa shape index (κ2) is 5.54. The third kappa shape index (κ3) is 4.69. The molecule has 0 fully saturated rings. The smallest absolute Gasteiger partial charge is 0.0291 e. The maximum Gasteiger partial charge on any atom is 0.0291 e. The average Bonchev–Trinajstić information content (AvgIpc) is 1.98. The van der Waals surface area contributed by atoms with Gasteiger partial charge in [-0.15, -0.1) is 0 Å². The second-order valence-corrected chi connectivity index (χ2v) is 5.63. The van der Waals surface area contributed by atoms with E-state index in [-0.39, 0.29) is 0 Å². The fourth-order valence-corrected chi connectivity index (χ4v) is 2.61. The molecule has 0 aromatic rings. The van der Waals surface area contributed by atoms with Gasteiger partial charge in [0.2, 0.25) is 0 Å². The van der Waals surface area contributed by atoms with E-state index in [1.54, 1.807) is 11.8 Å². The summed E-state index contributed by atoms with van der Waals surface area (Å²) in [5.41, 5.74) is 1.35. The van der Waals surface area contributed by atoms with Crippen LogP contribution >= 0.6 is 11.8 Å². The number of hydrogen-bond donors (Lipinski definition) is 0. The van der Waals surface area contributed by atoms with E-state index in [1.807, 2.05) is 0 Å². The fourth-order valence-electron chi connectivity index (χ4n) is 1.53. The van der Waals surface area contributed by atoms with Crippen molar-refractivity contribution >= 4 is 11.8 Å². The van der Waals surface area contributed by atoms with Gasteiger partial charge in [0.25, 0.3) is 0 Å². The van der Waals surface area contributed by atoms with Crippen LogP contribution in [0.5, 0.6) is 0 Å². The van der Waals surface area contributed by atoms with E-state index >= 15 is 0 Å². The van der Waals surface area contributed by atoms with Crippen molar-refractivity contribution in [3.8, 4) is 0 Å². The van der Waals surface area contributed by atoms with E-state index in [4.69, 9.17) is 0 Å². The van der Waals surface area contributed by atoms with Crippen LogP contribution in [0.25, 0.3) is 0 Å². The molecule has 0 amide bonds. The molecule has 0 N–H and O–H groups in total. The zero-order chi connectivity index (χ0) is 11.4. The van der Waals surface area contributed by atoms with Gasteiger partial charge in [0.1, 0.15) is 0 Å². The quantitative estimate of drug-likeness (QED) is 0.723. The summed E-state index contributed by atoms with van der Waals surface area (Å²) < 4.78 is 0. The van der Waals surface area contributed by atoms with Gasteiger partial charge in [-0.25, -0.2) is 0 Å². The topological polar surface area (TPSA) is 6.48 Å². The van der Waals surface area contributed by atoms with E-state index in [2.05, 4.69) is 56.7 Å². The van der Waals surface area contributed by atoms with Gasteiger partial charge in [0.05, 0.1) is 0 Å². The molecule has 0 unspecified atom stereocenters. The minimum Gasteiger partial charge on any atom is -0.305 e. The van der Waals surface area contributed by atoms with Crippen LogP contribution in [0.15, 0.2) is 34.1 Å². The number of thioether (sulfide) groups is 1. The highest BCUT2D eigenvalue weighted by atomic mass is 32.2. The Kier molecular flexibility index (Phi) is 4.64. The number of likely N-dealkylation sites (N-methyl/N-ethyl adjacent to an activating group) is 2. The Hall–Kier alpha value is -0.510. The SMILES string of the molecule is C=C1C=C(CN(C)C)C=C(CN(C)C)S1. The summed E-state index contributed by atoms with van der Waals surface area (Å²) in [5.74, 6) is 0. The lowest BCUT2D eigenvalue weighted by molar-refractivity contribution is 0.445. The first-order valence-corrected chi connectivity index (χ1v) is 5.86. The lowest BCUT2D eigenvalue weighted by Crippen LogP contribution is -2.18. The molecule has 0 spiro atoms. The summed E-state index contributed by atoms with van der Waals surface area (Å²) in [5, 5.41) is 0. The van der Waals surface area contributed by atoms with Crippen LogP contribution in [0.3, 0.4) is 0 Å². The average molecular weight is 224 g/mol. The molecule has 0 bridgehead atoms. The molecule has 3 heteroatoms. The first kappa shape index (κ1) is 12.6. The van der Waals surface area contributed by atoms with Gasteiger partial charge in [0.15, 0.2) is 0 Å². The summed E-state index contributed by atoms with van der Waals surface area (Å²) in [4.78, 5) is 6.89. The molecule has 0 saturated heterocycles. The standard InChI is InChI=1S/C12H20N2S/c1-10-6-11(8-13(2)3)7-12(15-10)9-14(4)5/h6-7H,1,8-9H2,2-5H3. The van der Waals surface area contributed by atoms with Crippen molar-refractivity contribution in [3.63, 3.8) is 0 Å². The lowest BCUT2D eigenvalue weighted by Gasteiger charge is -2.20. The maximum absolute atomic E-state index is 4.04. The minimum atomic E-state index is 0.983. The Morgan fingerprint density at radius 2 is 1.67 bits per heavy atom. The molecule has 1 aliphatic heterocycles. The number of allylic oxidation sites excluding steroid dienone is 1. The van der Waals surface area contributed by atoms with Crippen LogP contribution in [-0.2, 0) is 0 Å². The second-order valence-electron chi connectivity index (χ2n) is 4.37. The summed E-state index contributed by atoms with van der Waals surface area (Å²) >= 11 is 1.78. The lowest BCUT2D eigenvalue weighted by atomic mass is 10.2. The molecule has 15 heavy (non-hydrogen) atoms. The van der Waals surface area contributed by atoms with Gasteiger partial charge in [-0.3, -0.25) is 0 Å². The Bertz CT molecular complexity index is 301. The molecule has 0 radical (unpaired) electrons.